The van der Waals surface area contributed by atoms with Gasteiger partial charge in [0.15, 0.2) is 0 Å². The summed E-state index contributed by atoms with van der Waals surface area (Å²) in [6.45, 7) is 5.21. The van der Waals surface area contributed by atoms with Crippen LogP contribution in [0.1, 0.15) is 79.4 Å². The molecule has 0 saturated carbocycles. The first kappa shape index (κ1) is 32.1. The topological polar surface area (TPSA) is 81.9 Å². The second-order valence-corrected chi connectivity index (χ2v) is 11.9. The van der Waals surface area contributed by atoms with Crippen LogP contribution in [0.2, 0.25) is 0 Å². The molecule has 0 aromatic heterocycles. The van der Waals surface area contributed by atoms with Crippen LogP contribution in [0.4, 0.5) is 16.2 Å². The molecule has 3 N–H and O–H groups in total. The van der Waals surface area contributed by atoms with Crippen LogP contribution in [-0.2, 0) is 0 Å². The fourth-order valence-corrected chi connectivity index (χ4v) is 6.07. The summed E-state index contributed by atoms with van der Waals surface area (Å²) < 4.78 is 0. The van der Waals surface area contributed by atoms with Crippen LogP contribution in [0, 0.1) is 5.92 Å². The number of nitrogens with one attached hydrogen (secondary N) is 1. The number of rotatable bonds is 14. The lowest BCUT2D eigenvalue weighted by Crippen LogP contribution is -2.41. The number of amides is 3. The van der Waals surface area contributed by atoms with Gasteiger partial charge in [-0.2, -0.15) is 0 Å². The number of hydrogen-bond acceptors (Lipinski definition) is 4. The van der Waals surface area contributed by atoms with Gasteiger partial charge >= 0.3 is 6.03 Å². The number of nitrogens with zero attached hydrogens (tertiary/aromatic N) is 3. The largest absolute Gasteiger partial charge is 0.378 e. The van der Waals surface area contributed by atoms with Crippen molar-refractivity contribution in [2.24, 2.45) is 11.7 Å². The molecule has 0 unspecified atom stereocenters. The molecular weight excluding hydrogens is 534 g/mol. The van der Waals surface area contributed by atoms with Gasteiger partial charge in [0.05, 0.1) is 17.3 Å². The summed E-state index contributed by atoms with van der Waals surface area (Å²) in [5.74, 6) is 0.225. The third-order valence-corrected chi connectivity index (χ3v) is 8.58. The SMILES string of the molecule is CCCCCCCN(C(N)=O)c1ccc(N(C)C)cc1C(=O)NCC1CCN(C(c2ccccc2)c2ccccc2)CC1. The van der Waals surface area contributed by atoms with E-state index in [4.69, 9.17) is 5.73 Å². The van der Waals surface area contributed by atoms with Crippen molar-refractivity contribution in [3.8, 4) is 0 Å². The normalized spacial score (nSPS) is 14.0. The fraction of sp³-hybridized carbons (Fsp3) is 0.444. The summed E-state index contributed by atoms with van der Waals surface area (Å²) in [5, 5.41) is 3.21. The van der Waals surface area contributed by atoms with Gasteiger partial charge in [-0.25, -0.2) is 4.79 Å². The van der Waals surface area contributed by atoms with Gasteiger partial charge in [0, 0.05) is 32.9 Å². The quantitative estimate of drug-likeness (QED) is 0.204. The van der Waals surface area contributed by atoms with Crippen LogP contribution in [0.3, 0.4) is 0 Å². The molecule has 0 spiro atoms. The Kier molecular flexibility index (Phi) is 12.0. The van der Waals surface area contributed by atoms with E-state index in [0.29, 0.717) is 30.3 Å². The zero-order chi connectivity index (χ0) is 30.6. The highest BCUT2D eigenvalue weighted by Gasteiger charge is 2.28. The molecule has 1 fully saturated rings. The molecule has 7 heteroatoms. The van der Waals surface area contributed by atoms with Gasteiger partial charge in [-0.05, 0) is 67.6 Å². The lowest BCUT2D eigenvalue weighted by molar-refractivity contribution is 0.0931. The molecule has 1 heterocycles. The molecule has 43 heavy (non-hydrogen) atoms. The van der Waals surface area contributed by atoms with Crippen molar-refractivity contribution in [1.29, 1.82) is 0 Å². The summed E-state index contributed by atoms with van der Waals surface area (Å²) >= 11 is 0. The number of carbonyl (C=O) groups excluding carboxylic acids is 2. The molecule has 0 radical (unpaired) electrons. The number of piperidine rings is 1. The third-order valence-electron chi connectivity index (χ3n) is 8.58. The van der Waals surface area contributed by atoms with Crippen molar-refractivity contribution in [3.63, 3.8) is 0 Å². The Bertz CT molecular complexity index is 1250. The van der Waals surface area contributed by atoms with Gasteiger partial charge in [0.1, 0.15) is 0 Å². The molecule has 4 rings (SSSR count). The van der Waals surface area contributed by atoms with Gasteiger partial charge < -0.3 is 16.0 Å². The van der Waals surface area contributed by atoms with E-state index in [1.54, 1.807) is 4.90 Å². The van der Waals surface area contributed by atoms with Crippen molar-refractivity contribution >= 4 is 23.3 Å². The molecule has 3 amide bonds. The number of hydrogen-bond donors (Lipinski definition) is 2. The Morgan fingerprint density at radius 3 is 2.05 bits per heavy atom. The highest BCUT2D eigenvalue weighted by Crippen LogP contribution is 2.32. The van der Waals surface area contributed by atoms with Gasteiger partial charge in [0.25, 0.3) is 5.91 Å². The van der Waals surface area contributed by atoms with E-state index in [0.717, 1.165) is 57.3 Å². The second-order valence-electron chi connectivity index (χ2n) is 11.9. The predicted octanol–water partition coefficient (Wildman–Crippen LogP) is 6.84. The average Bonchev–Trinajstić information content (AvgIpc) is 3.03. The first-order chi connectivity index (χ1) is 20.9. The fourth-order valence-electron chi connectivity index (χ4n) is 6.07. The molecule has 3 aromatic carbocycles. The number of likely N-dealkylation sites (tertiary alicyclic amines) is 1. The van der Waals surface area contributed by atoms with E-state index in [-0.39, 0.29) is 11.9 Å². The molecule has 7 nitrogen and oxygen atoms in total. The second kappa shape index (κ2) is 16.1. The monoisotopic (exact) mass is 583 g/mol. The number of benzene rings is 3. The zero-order valence-corrected chi connectivity index (χ0v) is 26.2. The smallest absolute Gasteiger partial charge is 0.319 e. The Balaban J connectivity index is 1.41. The summed E-state index contributed by atoms with van der Waals surface area (Å²) in [6, 6.07) is 26.8. The van der Waals surface area contributed by atoms with Crippen LogP contribution in [0.15, 0.2) is 78.9 Å². The van der Waals surface area contributed by atoms with E-state index in [1.165, 1.54) is 17.5 Å². The van der Waals surface area contributed by atoms with E-state index < -0.39 is 6.03 Å². The van der Waals surface area contributed by atoms with Gasteiger partial charge in [-0.3, -0.25) is 14.6 Å². The van der Waals surface area contributed by atoms with E-state index >= 15 is 0 Å². The van der Waals surface area contributed by atoms with Gasteiger partial charge in [-0.15, -0.1) is 0 Å². The predicted molar refractivity (Wildman–Crippen MR) is 178 cm³/mol. The first-order valence-electron chi connectivity index (χ1n) is 15.9. The van der Waals surface area contributed by atoms with Crippen molar-refractivity contribution in [1.82, 2.24) is 10.2 Å². The summed E-state index contributed by atoms with van der Waals surface area (Å²) in [4.78, 5) is 32.2. The van der Waals surface area contributed by atoms with Crippen molar-refractivity contribution in [3.05, 3.63) is 95.6 Å². The molecule has 0 aliphatic carbocycles. The van der Waals surface area contributed by atoms with E-state index in [9.17, 15) is 9.59 Å². The highest BCUT2D eigenvalue weighted by molar-refractivity contribution is 6.05. The zero-order valence-electron chi connectivity index (χ0n) is 26.2. The minimum atomic E-state index is -0.527. The van der Waals surface area contributed by atoms with Crippen LogP contribution >= 0.6 is 0 Å². The molecule has 1 saturated heterocycles. The van der Waals surface area contributed by atoms with Crippen molar-refractivity contribution < 1.29 is 9.59 Å². The lowest BCUT2D eigenvalue weighted by Gasteiger charge is -2.38. The molecule has 230 valence electrons. The van der Waals surface area contributed by atoms with Crippen LogP contribution < -0.4 is 20.9 Å². The molecule has 0 atom stereocenters. The number of primary amides is 1. The minimum Gasteiger partial charge on any atom is -0.378 e. The lowest BCUT2D eigenvalue weighted by atomic mass is 9.91. The van der Waals surface area contributed by atoms with Crippen LogP contribution in [-0.4, -0.2) is 57.1 Å². The number of anilines is 2. The van der Waals surface area contributed by atoms with Crippen molar-refractivity contribution in [2.75, 3.05) is 50.1 Å². The Morgan fingerprint density at radius 2 is 1.49 bits per heavy atom. The molecule has 1 aliphatic rings. The van der Waals surface area contributed by atoms with E-state index in [2.05, 4.69) is 77.8 Å². The standard InChI is InChI=1S/C36H49N5O2/c1-4-5-6-7-14-23-41(36(37)43)33-20-19-31(39(2)3)26-32(33)35(42)38-27-28-21-24-40(25-22-28)34(29-15-10-8-11-16-29)30-17-12-9-13-18-30/h8-13,15-20,26,28,34H,4-7,14,21-25,27H2,1-3H3,(H2,37,43)(H,38,42). The minimum absolute atomic E-state index is 0.162. The van der Waals surface area contributed by atoms with Crippen molar-refractivity contribution in [2.45, 2.75) is 57.9 Å². The van der Waals surface area contributed by atoms with Crippen LogP contribution in [0.5, 0.6) is 0 Å². The summed E-state index contributed by atoms with van der Waals surface area (Å²) in [7, 11) is 3.89. The van der Waals surface area contributed by atoms with Crippen LogP contribution in [0.25, 0.3) is 0 Å². The van der Waals surface area contributed by atoms with Gasteiger partial charge in [0.2, 0.25) is 0 Å². The van der Waals surface area contributed by atoms with E-state index in [1.807, 2.05) is 37.2 Å². The van der Waals surface area contributed by atoms with Gasteiger partial charge in [-0.1, -0.05) is 93.3 Å². The maximum absolute atomic E-state index is 13.6. The molecular formula is C36H49N5O2. The maximum Gasteiger partial charge on any atom is 0.319 e. The molecule has 3 aromatic rings. The summed E-state index contributed by atoms with van der Waals surface area (Å²) in [5.41, 5.74) is 10.4. The maximum atomic E-state index is 13.6. The highest BCUT2D eigenvalue weighted by atomic mass is 16.2. The number of nitrogens with two attached hydrogens (primary N) is 1. The summed E-state index contributed by atoms with van der Waals surface area (Å²) in [6.07, 6.45) is 7.37. The molecule has 0 bridgehead atoms. The Hall–Kier alpha value is -3.84. The average molecular weight is 584 g/mol. The third kappa shape index (κ3) is 8.83. The number of unbranched alkanes of at least 4 members (excludes halogenated alkanes) is 4. The first-order valence-corrected chi connectivity index (χ1v) is 15.9. The number of carbonyl (C=O) groups is 2. The number of urea groups is 1. The Morgan fingerprint density at radius 1 is 0.884 bits per heavy atom. The molecule has 1 aliphatic heterocycles. The Labute approximate surface area is 258 Å².